The molecule has 94 valence electrons. The molecule has 0 aromatic carbocycles. The van der Waals surface area contributed by atoms with Crippen LogP contribution in [0, 0.1) is 5.41 Å². The second kappa shape index (κ2) is 5.64. The largest absolute Gasteiger partial charge is 0.481 e. The summed E-state index contributed by atoms with van der Waals surface area (Å²) in [4.78, 5) is 23.4. The minimum Gasteiger partial charge on any atom is -0.481 e. The van der Waals surface area contributed by atoms with Gasteiger partial charge >= 0.3 is 5.97 Å². The van der Waals surface area contributed by atoms with Gasteiger partial charge in [0.25, 0.3) is 0 Å². The second-order valence-electron chi connectivity index (χ2n) is 4.35. The van der Waals surface area contributed by atoms with Gasteiger partial charge in [-0.2, -0.15) is 0 Å². The smallest absolute Gasteiger partial charge is 0.309 e. The van der Waals surface area contributed by atoms with Crippen molar-refractivity contribution in [2.24, 2.45) is 5.41 Å². The van der Waals surface area contributed by atoms with Gasteiger partial charge in [0.2, 0.25) is 5.91 Å². The molecule has 0 unspecified atom stereocenters. The number of amides is 1. The topological polar surface area (TPSA) is 66.4 Å². The zero-order chi connectivity index (χ0) is 13.1. The molecule has 0 saturated carbocycles. The van der Waals surface area contributed by atoms with Crippen LogP contribution in [0.25, 0.3) is 0 Å². The second-order valence-corrected chi connectivity index (χ2v) is 6.90. The quantitative estimate of drug-likeness (QED) is 0.876. The lowest BCUT2D eigenvalue weighted by Gasteiger charge is -2.17. The predicted octanol–water partition coefficient (Wildman–Crippen LogP) is 2.63. The summed E-state index contributed by atoms with van der Waals surface area (Å²) in [5.74, 6) is -1.21. The summed E-state index contributed by atoms with van der Waals surface area (Å²) >= 11 is 4.87. The van der Waals surface area contributed by atoms with Gasteiger partial charge in [-0.15, -0.1) is 11.3 Å². The van der Waals surface area contributed by atoms with Crippen LogP contribution in [0.3, 0.4) is 0 Å². The average molecular weight is 320 g/mol. The molecule has 4 nitrogen and oxygen atoms in total. The van der Waals surface area contributed by atoms with Gasteiger partial charge in [0, 0.05) is 11.3 Å². The van der Waals surface area contributed by atoms with Gasteiger partial charge in [-0.3, -0.25) is 9.59 Å². The molecule has 1 aromatic heterocycles. The molecule has 0 fully saturated rings. The maximum atomic E-state index is 11.6. The molecule has 0 aliphatic rings. The van der Waals surface area contributed by atoms with Crippen LogP contribution in [0.5, 0.6) is 0 Å². The van der Waals surface area contributed by atoms with Gasteiger partial charge in [0.15, 0.2) is 0 Å². The molecule has 6 heteroatoms. The first-order valence-electron chi connectivity index (χ1n) is 5.05. The number of carbonyl (C=O) groups is 2. The van der Waals surface area contributed by atoms with E-state index in [2.05, 4.69) is 21.2 Å². The van der Waals surface area contributed by atoms with Crippen molar-refractivity contribution in [2.45, 2.75) is 26.8 Å². The van der Waals surface area contributed by atoms with Crippen LogP contribution in [0.1, 0.15) is 25.1 Å². The molecule has 0 bridgehead atoms. The molecule has 0 aliphatic heterocycles. The molecule has 1 amide bonds. The number of hydrogen-bond donors (Lipinski definition) is 2. The molecular weight excluding hydrogens is 306 g/mol. The Bertz CT molecular complexity index is 428. The molecule has 0 atom stereocenters. The lowest BCUT2D eigenvalue weighted by atomic mass is 9.89. The van der Waals surface area contributed by atoms with Crippen molar-refractivity contribution in [1.29, 1.82) is 0 Å². The summed E-state index contributed by atoms with van der Waals surface area (Å²) in [5, 5.41) is 11.6. The third-order valence-corrected chi connectivity index (χ3v) is 3.89. The van der Waals surface area contributed by atoms with Gasteiger partial charge in [0.1, 0.15) is 0 Å². The van der Waals surface area contributed by atoms with E-state index < -0.39 is 11.4 Å². The van der Waals surface area contributed by atoms with Crippen molar-refractivity contribution in [3.8, 4) is 0 Å². The Balaban J connectivity index is 2.43. The summed E-state index contributed by atoms with van der Waals surface area (Å²) in [5.41, 5.74) is -1.03. The van der Waals surface area contributed by atoms with Crippen molar-refractivity contribution < 1.29 is 14.7 Å². The third-order valence-electron chi connectivity index (χ3n) is 2.27. The third kappa shape index (κ3) is 4.47. The Kier molecular flexibility index (Phi) is 4.70. The summed E-state index contributed by atoms with van der Waals surface area (Å²) in [7, 11) is 0. The first-order chi connectivity index (χ1) is 7.81. The van der Waals surface area contributed by atoms with E-state index in [9.17, 15) is 9.59 Å². The Hall–Kier alpha value is -0.880. The molecule has 1 aromatic rings. The minimum absolute atomic E-state index is 0.0190. The van der Waals surface area contributed by atoms with E-state index in [0.29, 0.717) is 6.54 Å². The number of hydrogen-bond acceptors (Lipinski definition) is 3. The summed E-state index contributed by atoms with van der Waals surface area (Å²) in [6, 6.07) is 3.82. The minimum atomic E-state index is -1.03. The van der Waals surface area contributed by atoms with Crippen LogP contribution < -0.4 is 5.32 Å². The number of carboxylic acid groups (broad SMARTS) is 1. The fourth-order valence-electron chi connectivity index (χ4n) is 1.17. The van der Waals surface area contributed by atoms with Crippen molar-refractivity contribution >= 4 is 39.1 Å². The number of carbonyl (C=O) groups excluding carboxylic acids is 1. The number of nitrogens with one attached hydrogen (secondary N) is 1. The number of carboxylic acids is 1. The van der Waals surface area contributed by atoms with Gasteiger partial charge < -0.3 is 10.4 Å². The van der Waals surface area contributed by atoms with Gasteiger partial charge in [-0.1, -0.05) is 0 Å². The zero-order valence-corrected chi connectivity index (χ0v) is 12.0. The van der Waals surface area contributed by atoms with Gasteiger partial charge in [-0.05, 0) is 41.9 Å². The Morgan fingerprint density at radius 2 is 2.12 bits per heavy atom. The Morgan fingerprint density at radius 3 is 2.59 bits per heavy atom. The molecule has 0 saturated heterocycles. The fraction of sp³-hybridized carbons (Fsp3) is 0.455. The van der Waals surface area contributed by atoms with E-state index >= 15 is 0 Å². The fourth-order valence-corrected chi connectivity index (χ4v) is 2.59. The van der Waals surface area contributed by atoms with E-state index in [-0.39, 0.29) is 12.3 Å². The molecule has 1 rings (SSSR count). The van der Waals surface area contributed by atoms with E-state index in [1.54, 1.807) is 0 Å². The predicted molar refractivity (Wildman–Crippen MR) is 69.9 cm³/mol. The first-order valence-corrected chi connectivity index (χ1v) is 6.66. The maximum absolute atomic E-state index is 11.6. The molecule has 0 aliphatic carbocycles. The maximum Gasteiger partial charge on any atom is 0.309 e. The highest BCUT2D eigenvalue weighted by molar-refractivity contribution is 9.11. The number of thiophene rings is 1. The van der Waals surface area contributed by atoms with Crippen LogP contribution in [0.15, 0.2) is 15.9 Å². The van der Waals surface area contributed by atoms with Gasteiger partial charge in [-0.25, -0.2) is 0 Å². The van der Waals surface area contributed by atoms with E-state index in [0.717, 1.165) is 8.66 Å². The lowest BCUT2D eigenvalue weighted by molar-refractivity contribution is -0.149. The van der Waals surface area contributed by atoms with Crippen LogP contribution in [0.4, 0.5) is 0 Å². The summed E-state index contributed by atoms with van der Waals surface area (Å²) in [6.45, 7) is 3.51. The van der Waals surface area contributed by atoms with Crippen LogP contribution in [-0.2, 0) is 16.1 Å². The lowest BCUT2D eigenvalue weighted by Crippen LogP contribution is -2.32. The van der Waals surface area contributed by atoms with Crippen molar-refractivity contribution in [3.05, 3.63) is 20.8 Å². The normalized spacial score (nSPS) is 11.2. The SMILES string of the molecule is CC(C)(CC(=O)NCc1ccc(Br)s1)C(=O)O. The van der Waals surface area contributed by atoms with Crippen molar-refractivity contribution in [2.75, 3.05) is 0 Å². The van der Waals surface area contributed by atoms with E-state index in [4.69, 9.17) is 5.11 Å². The molecule has 2 N–H and O–H groups in total. The molecule has 1 heterocycles. The van der Waals surface area contributed by atoms with Crippen molar-refractivity contribution in [3.63, 3.8) is 0 Å². The first kappa shape index (κ1) is 14.2. The number of rotatable bonds is 5. The molecule has 17 heavy (non-hydrogen) atoms. The van der Waals surface area contributed by atoms with E-state index in [1.807, 2.05) is 12.1 Å². The highest BCUT2D eigenvalue weighted by Gasteiger charge is 2.29. The standard InChI is InChI=1S/C11H14BrNO3S/c1-11(2,10(15)16)5-9(14)13-6-7-3-4-8(12)17-7/h3-4H,5-6H2,1-2H3,(H,13,14)(H,15,16). The highest BCUT2D eigenvalue weighted by atomic mass is 79.9. The van der Waals surface area contributed by atoms with Crippen LogP contribution in [0.2, 0.25) is 0 Å². The monoisotopic (exact) mass is 319 g/mol. The molecular formula is C11H14BrNO3S. The van der Waals surface area contributed by atoms with Crippen LogP contribution in [-0.4, -0.2) is 17.0 Å². The Labute approximate surface area is 112 Å². The zero-order valence-electron chi connectivity index (χ0n) is 9.62. The van der Waals surface area contributed by atoms with Crippen molar-refractivity contribution in [1.82, 2.24) is 5.32 Å². The van der Waals surface area contributed by atoms with Crippen LogP contribution >= 0.6 is 27.3 Å². The molecule has 0 spiro atoms. The van der Waals surface area contributed by atoms with Gasteiger partial charge in [0.05, 0.1) is 15.7 Å². The summed E-state index contributed by atoms with van der Waals surface area (Å²) in [6.07, 6.45) is -0.0190. The Morgan fingerprint density at radius 1 is 1.47 bits per heavy atom. The number of aliphatic carboxylic acids is 1. The summed E-state index contributed by atoms with van der Waals surface area (Å²) < 4.78 is 1.01. The molecule has 0 radical (unpaired) electrons. The number of halogens is 1. The average Bonchev–Trinajstić information content (AvgIpc) is 2.60. The van der Waals surface area contributed by atoms with E-state index in [1.165, 1.54) is 25.2 Å². The highest BCUT2D eigenvalue weighted by Crippen LogP contribution is 2.23.